The summed E-state index contributed by atoms with van der Waals surface area (Å²) in [5.41, 5.74) is 6.74. The number of piperidine rings is 1. The Hall–Kier alpha value is -2.37. The number of amides is 2. The summed E-state index contributed by atoms with van der Waals surface area (Å²) in [6.07, 6.45) is 4.96. The fourth-order valence-corrected chi connectivity index (χ4v) is 2.65. The van der Waals surface area contributed by atoms with E-state index < -0.39 is 0 Å². The first kappa shape index (κ1) is 12.7. The van der Waals surface area contributed by atoms with E-state index in [4.69, 9.17) is 5.73 Å². The van der Waals surface area contributed by atoms with Crippen LogP contribution in [-0.2, 0) is 4.79 Å². The van der Waals surface area contributed by atoms with Crippen molar-refractivity contribution in [1.82, 2.24) is 14.9 Å². The van der Waals surface area contributed by atoms with Crippen molar-refractivity contribution in [3.63, 3.8) is 0 Å². The number of nitrogens with one attached hydrogen (secondary N) is 1. The van der Waals surface area contributed by atoms with Crippen molar-refractivity contribution < 1.29 is 9.59 Å². The lowest BCUT2D eigenvalue weighted by molar-refractivity contribution is -0.123. The van der Waals surface area contributed by atoms with Crippen molar-refractivity contribution in [3.05, 3.63) is 30.2 Å². The zero-order valence-corrected chi connectivity index (χ0v) is 11.0. The van der Waals surface area contributed by atoms with Crippen LogP contribution in [-0.4, -0.2) is 39.8 Å². The molecule has 2 aromatic rings. The van der Waals surface area contributed by atoms with Gasteiger partial charge in [-0.1, -0.05) is 0 Å². The van der Waals surface area contributed by atoms with Crippen LogP contribution in [0.4, 0.5) is 0 Å². The average molecular weight is 272 g/mol. The summed E-state index contributed by atoms with van der Waals surface area (Å²) < 4.78 is 0. The van der Waals surface area contributed by atoms with Crippen molar-refractivity contribution in [3.8, 4) is 0 Å². The molecule has 0 unspecified atom stereocenters. The monoisotopic (exact) mass is 272 g/mol. The Kier molecular flexibility index (Phi) is 3.14. The predicted octanol–water partition coefficient (Wildman–Crippen LogP) is 0.900. The molecule has 1 aliphatic rings. The molecule has 0 spiro atoms. The number of aromatic amines is 1. The number of pyridine rings is 1. The molecule has 1 fully saturated rings. The van der Waals surface area contributed by atoms with Gasteiger partial charge in [-0.15, -0.1) is 0 Å². The molecule has 1 saturated heterocycles. The molecule has 3 rings (SSSR count). The maximum atomic E-state index is 12.5. The fraction of sp³-hybridized carbons (Fsp3) is 0.357. The average Bonchev–Trinajstić information content (AvgIpc) is 2.90. The van der Waals surface area contributed by atoms with Gasteiger partial charge in [0.05, 0.1) is 5.92 Å². The van der Waals surface area contributed by atoms with Crippen LogP contribution < -0.4 is 5.73 Å². The van der Waals surface area contributed by atoms with Gasteiger partial charge in [0.1, 0.15) is 5.69 Å². The van der Waals surface area contributed by atoms with Gasteiger partial charge in [-0.2, -0.15) is 0 Å². The minimum Gasteiger partial charge on any atom is -0.369 e. The second-order valence-corrected chi connectivity index (χ2v) is 5.14. The molecule has 3 heterocycles. The van der Waals surface area contributed by atoms with Crippen LogP contribution in [0.25, 0.3) is 10.9 Å². The third kappa shape index (κ3) is 2.24. The number of nitrogens with zero attached hydrogens (tertiary/aromatic N) is 2. The van der Waals surface area contributed by atoms with E-state index in [1.807, 2.05) is 6.07 Å². The lowest BCUT2D eigenvalue weighted by Crippen LogP contribution is -2.44. The molecule has 1 aliphatic heterocycles. The first-order chi connectivity index (χ1) is 9.65. The minimum absolute atomic E-state index is 0.0906. The molecule has 20 heavy (non-hydrogen) atoms. The Morgan fingerprint density at radius 1 is 1.45 bits per heavy atom. The van der Waals surface area contributed by atoms with Gasteiger partial charge >= 0.3 is 0 Å². The number of carbonyl (C=O) groups excluding carboxylic acids is 2. The molecular weight excluding hydrogens is 256 g/mol. The fourth-order valence-electron chi connectivity index (χ4n) is 2.65. The lowest BCUT2D eigenvalue weighted by atomic mass is 9.97. The van der Waals surface area contributed by atoms with Gasteiger partial charge in [-0.05, 0) is 25.0 Å². The second-order valence-electron chi connectivity index (χ2n) is 5.14. The topological polar surface area (TPSA) is 92.1 Å². The number of hydrogen-bond acceptors (Lipinski definition) is 3. The van der Waals surface area contributed by atoms with Crippen LogP contribution in [0.2, 0.25) is 0 Å². The van der Waals surface area contributed by atoms with Gasteiger partial charge in [0, 0.05) is 36.4 Å². The molecule has 3 N–H and O–H groups in total. The van der Waals surface area contributed by atoms with Gasteiger partial charge in [-0.3, -0.25) is 14.6 Å². The van der Waals surface area contributed by atoms with E-state index in [2.05, 4.69) is 9.97 Å². The smallest absolute Gasteiger partial charge is 0.270 e. The molecule has 6 nitrogen and oxygen atoms in total. The van der Waals surface area contributed by atoms with Gasteiger partial charge in [0.25, 0.3) is 5.91 Å². The van der Waals surface area contributed by atoms with E-state index in [0.29, 0.717) is 18.8 Å². The zero-order valence-electron chi connectivity index (χ0n) is 11.0. The molecular formula is C14H16N4O2. The van der Waals surface area contributed by atoms with Crippen molar-refractivity contribution in [2.45, 2.75) is 12.8 Å². The Labute approximate surface area is 116 Å². The number of rotatable bonds is 2. The van der Waals surface area contributed by atoms with Gasteiger partial charge in [-0.25, -0.2) is 0 Å². The van der Waals surface area contributed by atoms with Crippen molar-refractivity contribution in [2.75, 3.05) is 13.1 Å². The third-order valence-corrected chi connectivity index (χ3v) is 3.76. The molecule has 0 aliphatic carbocycles. The van der Waals surface area contributed by atoms with Crippen LogP contribution in [0, 0.1) is 5.92 Å². The summed E-state index contributed by atoms with van der Waals surface area (Å²) in [7, 11) is 0. The van der Waals surface area contributed by atoms with E-state index in [1.54, 1.807) is 23.4 Å². The lowest BCUT2D eigenvalue weighted by Gasteiger charge is -2.30. The number of fused-ring (bicyclic) bond motifs is 1. The summed E-state index contributed by atoms with van der Waals surface area (Å²) >= 11 is 0. The highest BCUT2D eigenvalue weighted by atomic mass is 16.2. The zero-order chi connectivity index (χ0) is 14.1. The number of hydrogen-bond donors (Lipinski definition) is 2. The molecule has 0 bridgehead atoms. The molecule has 6 heteroatoms. The van der Waals surface area contributed by atoms with Crippen LogP contribution >= 0.6 is 0 Å². The molecule has 104 valence electrons. The molecule has 0 aromatic carbocycles. The number of nitrogens with two attached hydrogens (primary N) is 1. The first-order valence-corrected chi connectivity index (χ1v) is 6.66. The summed E-state index contributed by atoms with van der Waals surface area (Å²) in [5, 5.41) is 0.902. The molecule has 1 atom stereocenters. The van der Waals surface area contributed by atoms with Gasteiger partial charge in [0.2, 0.25) is 5.91 Å². The summed E-state index contributed by atoms with van der Waals surface area (Å²) in [6.45, 7) is 1.07. The minimum atomic E-state index is -0.330. The largest absolute Gasteiger partial charge is 0.369 e. The normalized spacial score (nSPS) is 19.2. The Morgan fingerprint density at radius 3 is 3.05 bits per heavy atom. The summed E-state index contributed by atoms with van der Waals surface area (Å²) in [5.74, 6) is -0.658. The van der Waals surface area contributed by atoms with E-state index in [-0.39, 0.29) is 17.7 Å². The molecule has 0 saturated carbocycles. The highest BCUT2D eigenvalue weighted by Gasteiger charge is 2.28. The SMILES string of the molecule is NC(=O)[C@H]1CCCN(C(=O)c2cc3cnccc3[nH]2)C1. The number of carbonyl (C=O) groups is 2. The number of primary amides is 1. The highest BCUT2D eigenvalue weighted by molar-refractivity contribution is 5.98. The van der Waals surface area contributed by atoms with Crippen molar-refractivity contribution in [1.29, 1.82) is 0 Å². The second kappa shape index (κ2) is 4.96. The van der Waals surface area contributed by atoms with Crippen LogP contribution in [0.1, 0.15) is 23.3 Å². The maximum absolute atomic E-state index is 12.5. The maximum Gasteiger partial charge on any atom is 0.270 e. The molecule has 0 radical (unpaired) electrons. The van der Waals surface area contributed by atoms with E-state index in [9.17, 15) is 9.59 Å². The highest BCUT2D eigenvalue weighted by Crippen LogP contribution is 2.20. The Morgan fingerprint density at radius 2 is 2.30 bits per heavy atom. The number of aromatic nitrogens is 2. The van der Waals surface area contributed by atoms with Crippen LogP contribution in [0.5, 0.6) is 0 Å². The van der Waals surface area contributed by atoms with Crippen LogP contribution in [0.15, 0.2) is 24.5 Å². The standard InChI is InChI=1S/C14H16N4O2/c15-13(19)9-2-1-5-18(8-9)14(20)12-6-10-7-16-4-3-11(10)17-12/h3-4,6-7,9,17H,1-2,5,8H2,(H2,15,19)/t9-/m0/s1. The van der Waals surface area contributed by atoms with Gasteiger partial charge < -0.3 is 15.6 Å². The molecule has 2 amide bonds. The van der Waals surface area contributed by atoms with Gasteiger partial charge in [0.15, 0.2) is 0 Å². The van der Waals surface area contributed by atoms with E-state index in [1.165, 1.54) is 0 Å². The summed E-state index contributed by atoms with van der Waals surface area (Å²) in [6, 6.07) is 3.62. The van der Waals surface area contributed by atoms with E-state index >= 15 is 0 Å². The quantitative estimate of drug-likeness (QED) is 0.850. The van der Waals surface area contributed by atoms with E-state index in [0.717, 1.165) is 23.7 Å². The van der Waals surface area contributed by atoms with Crippen molar-refractivity contribution >= 4 is 22.7 Å². The van der Waals surface area contributed by atoms with Crippen LogP contribution in [0.3, 0.4) is 0 Å². The summed E-state index contributed by atoms with van der Waals surface area (Å²) in [4.78, 5) is 32.5. The van der Waals surface area contributed by atoms with Crippen molar-refractivity contribution in [2.24, 2.45) is 11.7 Å². The Bertz CT molecular complexity index is 631. The number of likely N-dealkylation sites (tertiary alicyclic amines) is 1. The third-order valence-electron chi connectivity index (χ3n) is 3.76. The predicted molar refractivity (Wildman–Crippen MR) is 73.9 cm³/mol. The molecule has 2 aromatic heterocycles. The number of H-pyrrole nitrogens is 1. The first-order valence-electron chi connectivity index (χ1n) is 6.66. The Balaban J connectivity index is 1.82.